The molecule has 0 atom stereocenters. The highest BCUT2D eigenvalue weighted by Gasteiger charge is 2.34. The third-order valence-corrected chi connectivity index (χ3v) is 9.22. The number of aromatic nitrogens is 4. The van der Waals surface area contributed by atoms with Gasteiger partial charge in [-0.25, -0.2) is 15.0 Å². The van der Waals surface area contributed by atoms with E-state index in [0.29, 0.717) is 53.6 Å². The molecule has 0 saturated carbocycles. The fourth-order valence-electron chi connectivity index (χ4n) is 5.75. The minimum atomic E-state index is -4.58. The van der Waals surface area contributed by atoms with Crippen molar-refractivity contribution < 1.29 is 22.8 Å². The number of hydrogen-bond acceptors (Lipinski definition) is 9. The van der Waals surface area contributed by atoms with Gasteiger partial charge in [0.1, 0.15) is 10.6 Å². The molecule has 0 unspecified atom stereocenters. The second-order valence-corrected chi connectivity index (χ2v) is 12.3. The van der Waals surface area contributed by atoms with Gasteiger partial charge in [0.15, 0.2) is 5.01 Å². The van der Waals surface area contributed by atoms with Gasteiger partial charge in [0, 0.05) is 70.3 Å². The lowest BCUT2D eigenvalue weighted by molar-refractivity contribution is -0.138. The number of hydrogen-bond donors (Lipinski definition) is 3. The Hall–Kier alpha value is -4.78. The Morgan fingerprint density at radius 3 is 2.60 bits per heavy atom. The number of carbonyl (C=O) groups is 2. The van der Waals surface area contributed by atoms with Gasteiger partial charge in [0.25, 0.3) is 11.8 Å². The number of thiazole rings is 1. The largest absolute Gasteiger partial charge is 0.416 e. The number of carbonyl (C=O) groups excluding carboxylic acids is 2. The van der Waals surface area contributed by atoms with E-state index in [9.17, 15) is 22.8 Å². The predicted molar refractivity (Wildman–Crippen MR) is 172 cm³/mol. The van der Waals surface area contributed by atoms with Crippen LogP contribution in [-0.4, -0.2) is 80.4 Å². The van der Waals surface area contributed by atoms with Crippen molar-refractivity contribution in [3.63, 3.8) is 0 Å². The molecular weight excluding hydrogens is 631 g/mol. The van der Waals surface area contributed by atoms with E-state index < -0.39 is 17.6 Å². The van der Waals surface area contributed by atoms with Gasteiger partial charge in [0.2, 0.25) is 5.95 Å². The molecule has 0 radical (unpaired) electrons. The van der Waals surface area contributed by atoms with Crippen LogP contribution < -0.4 is 16.4 Å². The van der Waals surface area contributed by atoms with E-state index in [1.54, 1.807) is 6.07 Å². The summed E-state index contributed by atoms with van der Waals surface area (Å²) in [5.74, 6) is 5.17. The van der Waals surface area contributed by atoms with Crippen LogP contribution in [0, 0.1) is 11.8 Å². The van der Waals surface area contributed by atoms with Crippen molar-refractivity contribution in [1.29, 1.82) is 0 Å². The Morgan fingerprint density at radius 2 is 1.87 bits per heavy atom. The number of anilines is 2. The number of nitrogens with zero attached hydrogens (tertiary/aromatic N) is 6. The number of alkyl halides is 3. The van der Waals surface area contributed by atoms with Crippen LogP contribution in [0.1, 0.15) is 54.3 Å². The molecule has 4 N–H and O–H groups in total. The Kier molecular flexibility index (Phi) is 9.00. The summed E-state index contributed by atoms with van der Waals surface area (Å²) in [7, 11) is 1.84. The normalized spacial score (nSPS) is 15.5. The molecule has 15 heteroatoms. The van der Waals surface area contributed by atoms with Crippen LogP contribution in [0.15, 0.2) is 36.7 Å². The number of nitrogens with two attached hydrogens (primary N) is 1. The maximum atomic E-state index is 14.0. The summed E-state index contributed by atoms with van der Waals surface area (Å²) in [5.41, 5.74) is 8.27. The smallest absolute Gasteiger partial charge is 0.368 e. The lowest BCUT2D eigenvalue weighted by atomic mass is 10.0. The van der Waals surface area contributed by atoms with Crippen LogP contribution in [0.3, 0.4) is 0 Å². The Balaban J connectivity index is 1.18. The first-order valence-electron chi connectivity index (χ1n) is 15.0. The summed E-state index contributed by atoms with van der Waals surface area (Å²) in [6, 6.07) is 5.63. The highest BCUT2D eigenvalue weighted by Crippen LogP contribution is 2.35. The zero-order valence-corrected chi connectivity index (χ0v) is 26.6. The molecule has 0 bridgehead atoms. The first kappa shape index (κ1) is 32.2. The minimum absolute atomic E-state index is 0.0329. The molecule has 2 amide bonds. The maximum absolute atomic E-state index is 14.0. The fraction of sp³-hybridized carbons (Fsp3) is 0.344. The van der Waals surface area contributed by atoms with Crippen molar-refractivity contribution in [3.05, 3.63) is 74.5 Å². The number of piperazine rings is 1. The highest BCUT2D eigenvalue weighted by atomic mass is 32.1. The lowest BCUT2D eigenvalue weighted by Crippen LogP contribution is -2.45. The number of nitrogens with one attached hydrogen (secondary N) is 2. The average Bonchev–Trinajstić information content (AvgIpc) is 3.66. The highest BCUT2D eigenvalue weighted by molar-refractivity contribution is 7.14. The van der Waals surface area contributed by atoms with Crippen LogP contribution in [0.25, 0.3) is 11.4 Å². The number of likely N-dealkylation sites (N-methyl/N-ethyl adjacent to an activating group) is 1. The molecule has 5 heterocycles. The molecule has 4 aromatic rings. The van der Waals surface area contributed by atoms with Crippen molar-refractivity contribution in [2.24, 2.45) is 7.05 Å². The summed E-state index contributed by atoms with van der Waals surface area (Å²) in [6.45, 7) is 6.72. The van der Waals surface area contributed by atoms with E-state index in [2.05, 4.69) is 49.3 Å². The van der Waals surface area contributed by atoms with Gasteiger partial charge in [0.05, 0.1) is 28.6 Å². The zero-order chi connectivity index (χ0) is 33.3. The summed E-state index contributed by atoms with van der Waals surface area (Å²) in [4.78, 5) is 42.5. The molecule has 0 aliphatic carbocycles. The van der Waals surface area contributed by atoms with Crippen molar-refractivity contribution in [1.82, 2.24) is 34.6 Å². The van der Waals surface area contributed by atoms with Gasteiger partial charge in [-0.05, 0) is 36.2 Å². The van der Waals surface area contributed by atoms with Crippen LogP contribution in [0.2, 0.25) is 0 Å². The molecule has 1 saturated heterocycles. The number of nitrogen functional groups attached to an aromatic ring is 1. The van der Waals surface area contributed by atoms with E-state index in [4.69, 9.17) is 5.73 Å². The first-order chi connectivity index (χ1) is 22.5. The third kappa shape index (κ3) is 6.99. The summed E-state index contributed by atoms with van der Waals surface area (Å²) >= 11 is 0.995. The zero-order valence-electron chi connectivity index (χ0n) is 25.7. The van der Waals surface area contributed by atoms with E-state index in [0.717, 1.165) is 42.7 Å². The van der Waals surface area contributed by atoms with E-state index in [1.165, 1.54) is 24.5 Å². The molecule has 244 valence electrons. The second kappa shape index (κ2) is 13.1. The van der Waals surface area contributed by atoms with Crippen molar-refractivity contribution in [2.75, 3.05) is 50.3 Å². The molecule has 2 aliphatic heterocycles. The molecule has 11 nitrogen and oxygen atoms in total. The quantitative estimate of drug-likeness (QED) is 0.267. The second-order valence-electron chi connectivity index (χ2n) is 11.3. The van der Waals surface area contributed by atoms with Crippen LogP contribution >= 0.6 is 11.3 Å². The molecule has 47 heavy (non-hydrogen) atoms. The summed E-state index contributed by atoms with van der Waals surface area (Å²) < 4.78 is 44.0. The van der Waals surface area contributed by atoms with Crippen molar-refractivity contribution in [2.45, 2.75) is 26.1 Å². The summed E-state index contributed by atoms with van der Waals surface area (Å²) in [5, 5.41) is 5.70. The monoisotopic (exact) mass is 663 g/mol. The van der Waals surface area contributed by atoms with Gasteiger partial charge in [-0.2, -0.15) is 13.2 Å². The Bertz CT molecular complexity index is 1900. The van der Waals surface area contributed by atoms with Gasteiger partial charge in [-0.3, -0.25) is 14.5 Å². The van der Waals surface area contributed by atoms with Gasteiger partial charge in [-0.15, -0.1) is 11.3 Å². The average molecular weight is 664 g/mol. The standard InChI is InChI=1S/C32H32F3N9O2S/c1-3-43-10-12-44(13-11-43)18-20-4-6-21(14-23(20)32(33,34)35)40-30(46)26-17-38-27(47-26)7-5-19-16-39-31(36)41-28(19)25-15-22-24(42(25)2)8-9-37-29(22)45/h4,6,14-17H,3,8-13,18H2,1-2H3,(H,37,45)(H,40,46)(H2,36,39,41). The van der Waals surface area contributed by atoms with E-state index in [1.807, 2.05) is 16.5 Å². The molecule has 6 rings (SSSR count). The van der Waals surface area contributed by atoms with E-state index >= 15 is 0 Å². The van der Waals surface area contributed by atoms with Crippen LogP contribution in [0.5, 0.6) is 0 Å². The summed E-state index contributed by atoms with van der Waals surface area (Å²) in [6.07, 6.45) is -1.11. The van der Waals surface area contributed by atoms with Crippen molar-refractivity contribution in [3.8, 4) is 23.2 Å². The number of fused-ring (bicyclic) bond motifs is 1. The van der Waals surface area contributed by atoms with Gasteiger partial charge < -0.3 is 25.8 Å². The topological polar surface area (TPSA) is 134 Å². The SMILES string of the molecule is CCN1CCN(Cc2ccc(NC(=O)c3cnc(C#Cc4cnc(N)nc4-c4cc5c(n4C)CCNC5=O)s3)cc2C(F)(F)F)CC1. The first-order valence-corrected chi connectivity index (χ1v) is 15.9. The number of benzene rings is 1. The van der Waals surface area contributed by atoms with Gasteiger partial charge >= 0.3 is 6.18 Å². The van der Waals surface area contributed by atoms with Crippen molar-refractivity contribution >= 4 is 34.8 Å². The molecule has 2 aliphatic rings. The van der Waals surface area contributed by atoms with E-state index in [-0.39, 0.29) is 34.5 Å². The number of rotatable bonds is 6. The maximum Gasteiger partial charge on any atom is 0.416 e. The van der Waals surface area contributed by atoms with Crippen LogP contribution in [0.4, 0.5) is 24.8 Å². The predicted octanol–water partition coefficient (Wildman–Crippen LogP) is 3.62. The Labute approximate surface area is 273 Å². The number of halogens is 3. The number of amides is 2. The molecule has 3 aromatic heterocycles. The lowest BCUT2D eigenvalue weighted by Gasteiger charge is -2.34. The van der Waals surface area contributed by atoms with Gasteiger partial charge in [-0.1, -0.05) is 18.9 Å². The molecule has 0 spiro atoms. The molecule has 1 aromatic carbocycles. The molecule has 1 fully saturated rings. The van der Waals surface area contributed by atoms with Crippen LogP contribution in [-0.2, 0) is 26.2 Å². The minimum Gasteiger partial charge on any atom is -0.368 e. The fourth-order valence-corrected chi connectivity index (χ4v) is 6.42. The Morgan fingerprint density at radius 1 is 1.11 bits per heavy atom. The molecular formula is C32H32F3N9O2S. The third-order valence-electron chi connectivity index (χ3n) is 8.31.